The highest BCUT2D eigenvalue weighted by Crippen LogP contribution is 2.38. The first kappa shape index (κ1) is 11.7. The molecule has 3 rings (SSSR count). The number of pyridine rings is 1. The minimum absolute atomic E-state index is 0.743. The molecule has 94 valence electrons. The van der Waals surface area contributed by atoms with E-state index in [0.717, 1.165) is 5.92 Å². The molecule has 0 amide bonds. The lowest BCUT2D eigenvalue weighted by molar-refractivity contribution is 0.499. The Balaban J connectivity index is 2.09. The zero-order valence-corrected chi connectivity index (χ0v) is 11.2. The predicted molar refractivity (Wildman–Crippen MR) is 76.9 cm³/mol. The number of aryl methyl sites for hydroxylation is 1. The number of unbranched alkanes of at least 4 members (excludes halogenated alkanes) is 1. The number of fused-ring (bicyclic) bond motifs is 3. The maximum Gasteiger partial charge on any atom is 0.0444 e. The van der Waals surface area contributed by atoms with Gasteiger partial charge in [0, 0.05) is 17.3 Å². The van der Waals surface area contributed by atoms with Gasteiger partial charge in [0.25, 0.3) is 0 Å². The predicted octanol–water partition coefficient (Wildman–Crippen LogP) is 4.84. The third-order valence-electron chi connectivity index (χ3n) is 4.20. The Labute approximate surface area is 109 Å². The Bertz CT molecular complexity index is 544. The molecular weight excluding hydrogens is 218 g/mol. The van der Waals surface area contributed by atoms with Crippen LogP contribution in [0.2, 0.25) is 0 Å². The Morgan fingerprint density at radius 2 is 2.17 bits per heavy atom. The van der Waals surface area contributed by atoms with Crippen molar-refractivity contribution in [3.05, 3.63) is 41.7 Å². The highest BCUT2D eigenvalue weighted by molar-refractivity contribution is 5.86. The molecular formula is C17H21N. The third kappa shape index (κ3) is 2.03. The molecule has 18 heavy (non-hydrogen) atoms. The smallest absolute Gasteiger partial charge is 0.0444 e. The van der Waals surface area contributed by atoms with Gasteiger partial charge >= 0.3 is 0 Å². The van der Waals surface area contributed by atoms with E-state index in [9.17, 15) is 0 Å². The number of benzene rings is 1. The quantitative estimate of drug-likeness (QED) is 0.746. The highest BCUT2D eigenvalue weighted by Gasteiger charge is 2.22. The Kier molecular flexibility index (Phi) is 3.31. The second-order valence-electron chi connectivity index (χ2n) is 5.44. The van der Waals surface area contributed by atoms with Crippen LogP contribution in [0.4, 0.5) is 0 Å². The number of rotatable bonds is 3. The summed E-state index contributed by atoms with van der Waals surface area (Å²) in [5, 5.41) is 2.75. The van der Waals surface area contributed by atoms with Crippen molar-refractivity contribution in [1.82, 2.24) is 4.98 Å². The van der Waals surface area contributed by atoms with Gasteiger partial charge in [-0.2, -0.15) is 0 Å². The van der Waals surface area contributed by atoms with Crippen LogP contribution in [0.15, 0.2) is 30.5 Å². The van der Waals surface area contributed by atoms with Crippen LogP contribution in [0.5, 0.6) is 0 Å². The molecule has 1 aromatic heterocycles. The number of aromatic nitrogens is 1. The molecule has 1 heteroatoms. The molecule has 0 aliphatic heterocycles. The van der Waals surface area contributed by atoms with Gasteiger partial charge in [-0.05, 0) is 42.6 Å². The van der Waals surface area contributed by atoms with E-state index in [1.807, 2.05) is 0 Å². The van der Waals surface area contributed by atoms with Crippen molar-refractivity contribution in [3.63, 3.8) is 0 Å². The molecule has 1 aliphatic carbocycles. The summed E-state index contributed by atoms with van der Waals surface area (Å²) in [6.07, 6.45) is 9.85. The number of nitrogens with zero attached hydrogens (tertiary/aromatic N) is 1. The normalized spacial score (nSPS) is 18.8. The Hall–Kier alpha value is -1.37. The average Bonchev–Trinajstić information content (AvgIpc) is 2.44. The van der Waals surface area contributed by atoms with Gasteiger partial charge in [0.15, 0.2) is 0 Å². The lowest BCUT2D eigenvalue weighted by atomic mass is 9.80. The summed E-state index contributed by atoms with van der Waals surface area (Å²) in [7, 11) is 0. The van der Waals surface area contributed by atoms with E-state index in [1.54, 1.807) is 5.56 Å². The van der Waals surface area contributed by atoms with Gasteiger partial charge in [-0.3, -0.25) is 4.98 Å². The van der Waals surface area contributed by atoms with E-state index < -0.39 is 0 Å². The van der Waals surface area contributed by atoms with Gasteiger partial charge in [-0.15, -0.1) is 0 Å². The van der Waals surface area contributed by atoms with Crippen LogP contribution < -0.4 is 0 Å². The zero-order chi connectivity index (χ0) is 12.4. The largest absolute Gasteiger partial charge is 0.260 e. The van der Waals surface area contributed by atoms with Crippen LogP contribution in [0.3, 0.4) is 0 Å². The minimum atomic E-state index is 0.743. The standard InChI is InChI=1S/C17H21N/c1-2-3-7-13-9-6-11-16-17(13)15-10-5-4-8-14(15)12-18-16/h4-5,8,10,12-13H,2-3,6-7,9,11H2,1H3. The first-order chi connectivity index (χ1) is 8.90. The van der Waals surface area contributed by atoms with Crippen molar-refractivity contribution in [2.45, 2.75) is 51.4 Å². The summed E-state index contributed by atoms with van der Waals surface area (Å²) >= 11 is 0. The molecule has 1 nitrogen and oxygen atoms in total. The monoisotopic (exact) mass is 239 g/mol. The molecule has 1 aromatic carbocycles. The van der Waals surface area contributed by atoms with Crippen LogP contribution in [0.25, 0.3) is 10.8 Å². The first-order valence-corrected chi connectivity index (χ1v) is 7.26. The Morgan fingerprint density at radius 3 is 3.06 bits per heavy atom. The molecule has 1 heterocycles. The fourth-order valence-electron chi connectivity index (χ4n) is 3.28. The van der Waals surface area contributed by atoms with Crippen molar-refractivity contribution in [3.8, 4) is 0 Å². The summed E-state index contributed by atoms with van der Waals surface area (Å²) in [5.74, 6) is 0.743. The van der Waals surface area contributed by atoms with E-state index in [0.29, 0.717) is 0 Å². The minimum Gasteiger partial charge on any atom is -0.260 e. The van der Waals surface area contributed by atoms with Crippen LogP contribution in [0, 0.1) is 0 Å². The number of hydrogen-bond acceptors (Lipinski definition) is 1. The maximum atomic E-state index is 4.71. The fourth-order valence-corrected chi connectivity index (χ4v) is 3.28. The molecule has 1 atom stereocenters. The molecule has 0 saturated carbocycles. The van der Waals surface area contributed by atoms with Crippen LogP contribution in [0.1, 0.15) is 56.2 Å². The molecule has 0 radical (unpaired) electrons. The molecule has 2 aromatic rings. The molecule has 1 unspecified atom stereocenters. The van der Waals surface area contributed by atoms with E-state index >= 15 is 0 Å². The van der Waals surface area contributed by atoms with Crippen molar-refractivity contribution in [1.29, 1.82) is 0 Å². The fraction of sp³-hybridized carbons (Fsp3) is 0.471. The molecule has 0 N–H and O–H groups in total. The van der Waals surface area contributed by atoms with Crippen LogP contribution >= 0.6 is 0 Å². The first-order valence-electron chi connectivity index (χ1n) is 7.26. The second kappa shape index (κ2) is 5.09. The lowest BCUT2D eigenvalue weighted by Gasteiger charge is -2.26. The van der Waals surface area contributed by atoms with Gasteiger partial charge in [-0.1, -0.05) is 44.0 Å². The van der Waals surface area contributed by atoms with Crippen molar-refractivity contribution in [2.24, 2.45) is 0 Å². The molecule has 0 fully saturated rings. The summed E-state index contributed by atoms with van der Waals surface area (Å²) in [5.41, 5.74) is 2.92. The van der Waals surface area contributed by atoms with Gasteiger partial charge in [0.2, 0.25) is 0 Å². The van der Waals surface area contributed by atoms with Crippen molar-refractivity contribution in [2.75, 3.05) is 0 Å². The van der Waals surface area contributed by atoms with Gasteiger partial charge < -0.3 is 0 Å². The van der Waals surface area contributed by atoms with Crippen molar-refractivity contribution >= 4 is 10.8 Å². The van der Waals surface area contributed by atoms with Gasteiger partial charge in [-0.25, -0.2) is 0 Å². The van der Waals surface area contributed by atoms with Gasteiger partial charge in [0.1, 0.15) is 0 Å². The summed E-state index contributed by atoms with van der Waals surface area (Å²) in [4.78, 5) is 4.71. The molecule has 0 saturated heterocycles. The van der Waals surface area contributed by atoms with Crippen LogP contribution in [-0.4, -0.2) is 4.98 Å². The molecule has 1 aliphatic rings. The average molecular weight is 239 g/mol. The molecule has 0 spiro atoms. The zero-order valence-electron chi connectivity index (χ0n) is 11.2. The summed E-state index contributed by atoms with van der Waals surface area (Å²) in [6, 6.07) is 8.74. The summed E-state index contributed by atoms with van der Waals surface area (Å²) in [6.45, 7) is 2.28. The topological polar surface area (TPSA) is 12.9 Å². The lowest BCUT2D eigenvalue weighted by Crippen LogP contribution is -2.12. The summed E-state index contributed by atoms with van der Waals surface area (Å²) < 4.78 is 0. The highest BCUT2D eigenvalue weighted by atomic mass is 14.7. The van der Waals surface area contributed by atoms with E-state index in [2.05, 4.69) is 37.4 Å². The van der Waals surface area contributed by atoms with Crippen molar-refractivity contribution < 1.29 is 0 Å². The van der Waals surface area contributed by atoms with Gasteiger partial charge in [0.05, 0.1) is 0 Å². The SMILES string of the molecule is CCCCC1CCCc2ncc3ccccc3c21. The van der Waals surface area contributed by atoms with E-state index in [4.69, 9.17) is 4.98 Å². The Morgan fingerprint density at radius 1 is 1.28 bits per heavy atom. The maximum absolute atomic E-state index is 4.71. The number of hydrogen-bond donors (Lipinski definition) is 0. The van der Waals surface area contributed by atoms with Crippen LogP contribution in [-0.2, 0) is 6.42 Å². The van der Waals surface area contributed by atoms with E-state index in [1.165, 1.54) is 55.0 Å². The third-order valence-corrected chi connectivity index (χ3v) is 4.20. The molecule has 0 bridgehead atoms. The second-order valence-corrected chi connectivity index (χ2v) is 5.44. The van der Waals surface area contributed by atoms with E-state index in [-0.39, 0.29) is 0 Å².